The second kappa shape index (κ2) is 7.25. The fourth-order valence-corrected chi connectivity index (χ4v) is 2.79. The summed E-state index contributed by atoms with van der Waals surface area (Å²) in [5.41, 5.74) is 3.79. The molecular formula is C19H22N4O2. The van der Waals surface area contributed by atoms with Gasteiger partial charge in [-0.2, -0.15) is 0 Å². The monoisotopic (exact) mass is 338 g/mol. The van der Waals surface area contributed by atoms with Crippen molar-refractivity contribution < 1.29 is 9.53 Å². The number of ether oxygens (including phenoxy) is 1. The number of amides is 1. The average Bonchev–Trinajstić information content (AvgIpc) is 2.96. The summed E-state index contributed by atoms with van der Waals surface area (Å²) in [5, 5.41) is 6.18. The molecule has 1 aromatic heterocycles. The van der Waals surface area contributed by atoms with Crippen LogP contribution in [0.25, 0.3) is 11.0 Å². The highest BCUT2D eigenvalue weighted by Gasteiger charge is 2.10. The molecule has 130 valence electrons. The van der Waals surface area contributed by atoms with Crippen LogP contribution in [0, 0.1) is 0 Å². The number of benzene rings is 2. The van der Waals surface area contributed by atoms with Gasteiger partial charge in [-0.3, -0.25) is 4.79 Å². The lowest BCUT2D eigenvalue weighted by Gasteiger charge is -2.09. The molecule has 0 atom stereocenters. The predicted molar refractivity (Wildman–Crippen MR) is 100 cm³/mol. The Hall–Kier alpha value is -3.02. The van der Waals surface area contributed by atoms with Gasteiger partial charge in [0.05, 0.1) is 18.1 Å². The summed E-state index contributed by atoms with van der Waals surface area (Å²) in [6, 6.07) is 13.7. The van der Waals surface area contributed by atoms with Crippen LogP contribution in [-0.4, -0.2) is 22.6 Å². The van der Waals surface area contributed by atoms with E-state index in [9.17, 15) is 4.79 Å². The smallest absolute Gasteiger partial charge is 0.221 e. The number of rotatable bonds is 6. The molecule has 2 N–H and O–H groups in total. The quantitative estimate of drug-likeness (QED) is 0.720. The van der Waals surface area contributed by atoms with Gasteiger partial charge >= 0.3 is 0 Å². The molecule has 2 aromatic carbocycles. The van der Waals surface area contributed by atoms with Crippen LogP contribution in [0.4, 0.5) is 11.6 Å². The van der Waals surface area contributed by atoms with Gasteiger partial charge in [0.2, 0.25) is 11.9 Å². The number of aryl methyl sites for hydroxylation is 1. The Labute approximate surface area is 146 Å². The van der Waals surface area contributed by atoms with Crippen LogP contribution in [-0.2, 0) is 17.9 Å². The molecule has 25 heavy (non-hydrogen) atoms. The minimum atomic E-state index is -0.0906. The molecule has 1 amide bonds. The van der Waals surface area contributed by atoms with Gasteiger partial charge in [0.15, 0.2) is 0 Å². The second-order valence-electron chi connectivity index (χ2n) is 5.77. The van der Waals surface area contributed by atoms with Crippen molar-refractivity contribution in [3.05, 3.63) is 48.0 Å². The van der Waals surface area contributed by atoms with E-state index in [1.807, 2.05) is 42.5 Å². The third kappa shape index (κ3) is 3.74. The number of fused-ring (bicyclic) bond motifs is 1. The Morgan fingerprint density at radius 1 is 1.20 bits per heavy atom. The Kier molecular flexibility index (Phi) is 4.88. The summed E-state index contributed by atoms with van der Waals surface area (Å²) in [6.45, 7) is 5.06. The van der Waals surface area contributed by atoms with Gasteiger partial charge in [-0.05, 0) is 42.8 Å². The van der Waals surface area contributed by atoms with Crippen molar-refractivity contribution in [1.82, 2.24) is 9.55 Å². The molecule has 0 unspecified atom stereocenters. The molecule has 0 radical (unpaired) electrons. The van der Waals surface area contributed by atoms with Crippen LogP contribution < -0.4 is 15.4 Å². The summed E-state index contributed by atoms with van der Waals surface area (Å²) >= 11 is 0. The number of aromatic nitrogens is 2. The number of hydrogen-bond acceptors (Lipinski definition) is 4. The van der Waals surface area contributed by atoms with Crippen LogP contribution in [0.5, 0.6) is 5.75 Å². The van der Waals surface area contributed by atoms with E-state index in [1.165, 1.54) is 6.92 Å². The Bertz CT molecular complexity index is 884. The molecular weight excluding hydrogens is 316 g/mol. The average molecular weight is 338 g/mol. The van der Waals surface area contributed by atoms with Gasteiger partial charge in [0.1, 0.15) is 5.75 Å². The zero-order chi connectivity index (χ0) is 17.8. The maximum absolute atomic E-state index is 11.2. The number of hydrogen-bond donors (Lipinski definition) is 2. The van der Waals surface area contributed by atoms with E-state index in [-0.39, 0.29) is 5.91 Å². The van der Waals surface area contributed by atoms with Crippen LogP contribution in [0.3, 0.4) is 0 Å². The van der Waals surface area contributed by atoms with Crippen LogP contribution in [0.15, 0.2) is 42.5 Å². The lowest BCUT2D eigenvalue weighted by atomic mass is 10.2. The van der Waals surface area contributed by atoms with Crippen molar-refractivity contribution in [3.8, 4) is 5.75 Å². The van der Waals surface area contributed by atoms with Gasteiger partial charge in [-0.25, -0.2) is 4.98 Å². The van der Waals surface area contributed by atoms with Crippen molar-refractivity contribution in [2.24, 2.45) is 0 Å². The van der Waals surface area contributed by atoms with Crippen molar-refractivity contribution in [3.63, 3.8) is 0 Å². The van der Waals surface area contributed by atoms with Crippen molar-refractivity contribution in [2.75, 3.05) is 17.7 Å². The lowest BCUT2D eigenvalue weighted by Crippen LogP contribution is -2.06. The van der Waals surface area contributed by atoms with E-state index in [0.717, 1.165) is 40.5 Å². The highest BCUT2D eigenvalue weighted by atomic mass is 16.5. The Morgan fingerprint density at radius 2 is 1.96 bits per heavy atom. The van der Waals surface area contributed by atoms with E-state index in [4.69, 9.17) is 4.74 Å². The SMILES string of the molecule is CCn1c(NCc2ccc(OC)cc2)nc2cc(NC(C)=O)ccc21. The summed E-state index contributed by atoms with van der Waals surface area (Å²) in [4.78, 5) is 15.9. The van der Waals surface area contributed by atoms with Gasteiger partial charge in [-0.15, -0.1) is 0 Å². The zero-order valence-corrected chi connectivity index (χ0v) is 14.7. The Morgan fingerprint density at radius 3 is 2.60 bits per heavy atom. The van der Waals surface area contributed by atoms with Gasteiger partial charge in [0.25, 0.3) is 0 Å². The summed E-state index contributed by atoms with van der Waals surface area (Å²) in [6.07, 6.45) is 0. The second-order valence-corrected chi connectivity index (χ2v) is 5.77. The summed E-state index contributed by atoms with van der Waals surface area (Å²) in [7, 11) is 1.66. The topological polar surface area (TPSA) is 68.2 Å². The molecule has 1 heterocycles. The minimum absolute atomic E-state index is 0.0906. The van der Waals surface area contributed by atoms with E-state index < -0.39 is 0 Å². The maximum atomic E-state index is 11.2. The summed E-state index contributed by atoms with van der Waals surface area (Å²) in [5.74, 6) is 1.57. The first-order valence-corrected chi connectivity index (χ1v) is 8.25. The number of methoxy groups -OCH3 is 1. The molecule has 0 aliphatic rings. The number of nitrogens with zero attached hydrogens (tertiary/aromatic N) is 2. The van der Waals surface area contributed by atoms with Crippen molar-refractivity contribution in [1.29, 1.82) is 0 Å². The van der Waals surface area contributed by atoms with E-state index in [1.54, 1.807) is 7.11 Å². The number of carbonyl (C=O) groups is 1. The molecule has 3 aromatic rings. The van der Waals surface area contributed by atoms with Gasteiger partial charge in [-0.1, -0.05) is 12.1 Å². The maximum Gasteiger partial charge on any atom is 0.221 e. The first kappa shape index (κ1) is 16.8. The highest BCUT2D eigenvalue weighted by molar-refractivity contribution is 5.92. The standard InChI is InChI=1S/C19H22N4O2/c1-4-23-18-10-7-15(21-13(2)24)11-17(18)22-19(23)20-12-14-5-8-16(25-3)9-6-14/h5-11H,4,12H2,1-3H3,(H,20,22)(H,21,24). The fraction of sp³-hybridized carbons (Fsp3) is 0.263. The first-order valence-electron chi connectivity index (χ1n) is 8.25. The number of nitrogens with one attached hydrogen (secondary N) is 2. The van der Waals surface area contributed by atoms with E-state index in [0.29, 0.717) is 6.54 Å². The molecule has 0 saturated carbocycles. The van der Waals surface area contributed by atoms with Crippen LogP contribution >= 0.6 is 0 Å². The van der Waals surface area contributed by atoms with E-state index in [2.05, 4.69) is 27.1 Å². The number of anilines is 2. The molecule has 0 spiro atoms. The molecule has 0 bridgehead atoms. The molecule has 0 aliphatic carbocycles. The lowest BCUT2D eigenvalue weighted by molar-refractivity contribution is -0.114. The Balaban J connectivity index is 1.83. The molecule has 3 rings (SSSR count). The number of imidazole rings is 1. The molecule has 0 fully saturated rings. The van der Waals surface area contributed by atoms with Crippen LogP contribution in [0.2, 0.25) is 0 Å². The number of carbonyl (C=O) groups excluding carboxylic acids is 1. The normalized spacial score (nSPS) is 10.7. The third-order valence-electron chi connectivity index (χ3n) is 3.99. The molecule has 6 heteroatoms. The minimum Gasteiger partial charge on any atom is -0.497 e. The zero-order valence-electron chi connectivity index (χ0n) is 14.7. The first-order chi connectivity index (χ1) is 12.1. The van der Waals surface area contributed by atoms with Gasteiger partial charge in [0, 0.05) is 25.7 Å². The highest BCUT2D eigenvalue weighted by Crippen LogP contribution is 2.23. The molecule has 0 saturated heterocycles. The van der Waals surface area contributed by atoms with Crippen molar-refractivity contribution in [2.45, 2.75) is 26.9 Å². The van der Waals surface area contributed by atoms with Crippen LogP contribution in [0.1, 0.15) is 19.4 Å². The third-order valence-corrected chi connectivity index (χ3v) is 3.99. The summed E-state index contributed by atoms with van der Waals surface area (Å²) < 4.78 is 7.30. The molecule has 6 nitrogen and oxygen atoms in total. The van der Waals surface area contributed by atoms with E-state index >= 15 is 0 Å². The van der Waals surface area contributed by atoms with Crippen molar-refractivity contribution >= 4 is 28.6 Å². The van der Waals surface area contributed by atoms with Gasteiger partial charge < -0.3 is 19.9 Å². The predicted octanol–water partition coefficient (Wildman–Crippen LogP) is 3.64. The fourth-order valence-electron chi connectivity index (χ4n) is 2.79. The molecule has 0 aliphatic heterocycles. The largest absolute Gasteiger partial charge is 0.497 e.